The second-order valence-electron chi connectivity index (χ2n) is 3.71. The number of halogens is 1. The van der Waals surface area contributed by atoms with Crippen LogP contribution in [0.15, 0.2) is 35.1 Å². The number of hydrogen-bond donors (Lipinski definition) is 0. The van der Waals surface area contributed by atoms with E-state index in [-0.39, 0.29) is 5.97 Å². The molecular formula is C13H13BrN2O3. The van der Waals surface area contributed by atoms with Gasteiger partial charge in [0.2, 0.25) is 0 Å². The summed E-state index contributed by atoms with van der Waals surface area (Å²) in [6.07, 6.45) is 1.80. The highest BCUT2D eigenvalue weighted by atomic mass is 79.9. The molecule has 1 aromatic heterocycles. The summed E-state index contributed by atoms with van der Waals surface area (Å²) >= 11 is 3.38. The number of carbonyl (C=O) groups excluding carboxylic acids is 1. The van der Waals surface area contributed by atoms with Gasteiger partial charge in [0.05, 0.1) is 13.3 Å². The number of rotatable bonds is 4. The predicted octanol–water partition coefficient (Wildman–Crippen LogP) is 2.96. The average molecular weight is 325 g/mol. The molecule has 19 heavy (non-hydrogen) atoms. The van der Waals surface area contributed by atoms with Crippen molar-refractivity contribution in [3.63, 3.8) is 0 Å². The van der Waals surface area contributed by atoms with Crippen LogP contribution in [0.25, 0.3) is 5.69 Å². The molecule has 5 nitrogen and oxygen atoms in total. The normalized spacial score (nSPS) is 10.3. The van der Waals surface area contributed by atoms with Crippen molar-refractivity contribution in [1.29, 1.82) is 0 Å². The molecule has 1 aromatic carbocycles. The lowest BCUT2D eigenvalue weighted by Gasteiger charge is -2.09. The smallest absolute Gasteiger partial charge is 0.311 e. The Morgan fingerprint density at radius 1 is 1.37 bits per heavy atom. The molecule has 0 unspecified atom stereocenters. The predicted molar refractivity (Wildman–Crippen MR) is 73.7 cm³/mol. The molecular weight excluding hydrogens is 312 g/mol. The molecule has 0 fully saturated rings. The lowest BCUT2D eigenvalue weighted by molar-refractivity contribution is -0.134. The highest BCUT2D eigenvalue weighted by molar-refractivity contribution is 9.10. The highest BCUT2D eigenvalue weighted by Gasteiger charge is 2.15. The maximum Gasteiger partial charge on any atom is 0.311 e. The maximum atomic E-state index is 11.3. The molecule has 0 aliphatic heterocycles. The summed E-state index contributed by atoms with van der Waals surface area (Å²) in [6.45, 7) is 1.74. The Morgan fingerprint density at radius 2 is 2.11 bits per heavy atom. The SMILES string of the molecule is CCC(=O)Oc1cnn(-c2ccccc2OC)c1Br. The monoisotopic (exact) mass is 324 g/mol. The van der Waals surface area contributed by atoms with Crippen molar-refractivity contribution in [2.24, 2.45) is 0 Å². The number of carbonyl (C=O) groups is 1. The molecule has 0 bridgehead atoms. The van der Waals surface area contributed by atoms with E-state index >= 15 is 0 Å². The standard InChI is InChI=1S/C13H13BrN2O3/c1-3-12(17)19-11-8-15-16(13(11)14)9-6-4-5-7-10(9)18-2/h4-8H,3H2,1-2H3. The van der Waals surface area contributed by atoms with Gasteiger partial charge in [0.1, 0.15) is 11.4 Å². The van der Waals surface area contributed by atoms with E-state index in [4.69, 9.17) is 9.47 Å². The lowest BCUT2D eigenvalue weighted by atomic mass is 10.3. The molecule has 0 N–H and O–H groups in total. The van der Waals surface area contributed by atoms with Crippen molar-refractivity contribution >= 4 is 21.9 Å². The van der Waals surface area contributed by atoms with Crippen LogP contribution in [0.5, 0.6) is 11.5 Å². The van der Waals surface area contributed by atoms with E-state index in [1.165, 1.54) is 6.20 Å². The number of ether oxygens (including phenoxy) is 2. The summed E-state index contributed by atoms with van der Waals surface area (Å²) in [5, 5.41) is 4.19. The molecule has 0 aliphatic rings. The van der Waals surface area contributed by atoms with Crippen LogP contribution in [0.4, 0.5) is 0 Å². The molecule has 0 saturated heterocycles. The van der Waals surface area contributed by atoms with E-state index in [2.05, 4.69) is 21.0 Å². The van der Waals surface area contributed by atoms with Crippen LogP contribution in [-0.2, 0) is 4.79 Å². The highest BCUT2D eigenvalue weighted by Crippen LogP contribution is 2.31. The second kappa shape index (κ2) is 5.88. The molecule has 6 heteroatoms. The molecule has 0 atom stereocenters. The summed E-state index contributed by atoms with van der Waals surface area (Å²) in [5.41, 5.74) is 0.760. The minimum atomic E-state index is -0.305. The first-order valence-corrected chi connectivity index (χ1v) is 6.54. The Kier molecular flexibility index (Phi) is 4.21. The largest absolute Gasteiger partial charge is 0.494 e. The van der Waals surface area contributed by atoms with Crippen molar-refractivity contribution in [2.75, 3.05) is 7.11 Å². The third-order valence-electron chi connectivity index (χ3n) is 2.51. The summed E-state index contributed by atoms with van der Waals surface area (Å²) in [5.74, 6) is 0.762. The van der Waals surface area contributed by atoms with Crippen molar-refractivity contribution < 1.29 is 14.3 Å². The Hall–Kier alpha value is -1.82. The van der Waals surface area contributed by atoms with E-state index in [0.29, 0.717) is 22.5 Å². The Labute approximate surface area is 119 Å². The maximum absolute atomic E-state index is 11.3. The first-order valence-electron chi connectivity index (χ1n) is 5.75. The van der Waals surface area contributed by atoms with Gasteiger partial charge in [0, 0.05) is 6.42 Å². The molecule has 0 spiro atoms. The number of hydrogen-bond acceptors (Lipinski definition) is 4. The number of esters is 1. The van der Waals surface area contributed by atoms with Crippen LogP contribution in [0.2, 0.25) is 0 Å². The van der Waals surface area contributed by atoms with Gasteiger partial charge in [0.15, 0.2) is 10.4 Å². The van der Waals surface area contributed by atoms with Gasteiger partial charge in [0.25, 0.3) is 0 Å². The van der Waals surface area contributed by atoms with E-state index in [9.17, 15) is 4.79 Å². The average Bonchev–Trinajstić information content (AvgIpc) is 2.80. The Morgan fingerprint density at radius 3 is 2.79 bits per heavy atom. The van der Waals surface area contributed by atoms with Crippen LogP contribution in [0.3, 0.4) is 0 Å². The quantitative estimate of drug-likeness (QED) is 0.811. The number of para-hydroxylation sites is 2. The summed E-state index contributed by atoms with van der Waals surface area (Å²) < 4.78 is 12.6. The van der Waals surface area contributed by atoms with Crippen molar-refractivity contribution in [2.45, 2.75) is 13.3 Å². The topological polar surface area (TPSA) is 53.3 Å². The van der Waals surface area contributed by atoms with E-state index in [1.54, 1.807) is 18.7 Å². The van der Waals surface area contributed by atoms with Gasteiger partial charge in [-0.3, -0.25) is 4.79 Å². The lowest BCUT2D eigenvalue weighted by Crippen LogP contribution is -2.05. The molecule has 0 amide bonds. The molecule has 0 radical (unpaired) electrons. The Balaban J connectivity index is 2.39. The fourth-order valence-electron chi connectivity index (χ4n) is 1.55. The molecule has 0 saturated carbocycles. The minimum absolute atomic E-state index is 0.305. The summed E-state index contributed by atoms with van der Waals surface area (Å²) in [4.78, 5) is 11.3. The zero-order valence-electron chi connectivity index (χ0n) is 10.6. The fraction of sp³-hybridized carbons (Fsp3) is 0.231. The molecule has 0 aliphatic carbocycles. The van der Waals surface area contributed by atoms with Gasteiger partial charge in [-0.15, -0.1) is 0 Å². The third-order valence-corrected chi connectivity index (χ3v) is 3.23. The van der Waals surface area contributed by atoms with Crippen LogP contribution in [0, 0.1) is 0 Å². The zero-order valence-corrected chi connectivity index (χ0v) is 12.2. The molecule has 2 aromatic rings. The van der Waals surface area contributed by atoms with E-state index in [0.717, 1.165) is 5.69 Å². The first-order chi connectivity index (χ1) is 9.17. The van der Waals surface area contributed by atoms with Gasteiger partial charge < -0.3 is 9.47 Å². The Bertz CT molecular complexity index is 595. The van der Waals surface area contributed by atoms with Gasteiger partial charge in [-0.2, -0.15) is 5.10 Å². The van der Waals surface area contributed by atoms with Crippen LogP contribution >= 0.6 is 15.9 Å². The van der Waals surface area contributed by atoms with Gasteiger partial charge in [-0.25, -0.2) is 4.68 Å². The number of benzene rings is 1. The molecule has 2 rings (SSSR count). The molecule has 100 valence electrons. The van der Waals surface area contributed by atoms with Crippen LogP contribution in [-0.4, -0.2) is 22.9 Å². The number of aromatic nitrogens is 2. The van der Waals surface area contributed by atoms with Crippen molar-refractivity contribution in [1.82, 2.24) is 9.78 Å². The fourth-order valence-corrected chi connectivity index (χ4v) is 2.02. The van der Waals surface area contributed by atoms with Crippen molar-refractivity contribution in [3.8, 4) is 17.2 Å². The zero-order chi connectivity index (χ0) is 13.8. The van der Waals surface area contributed by atoms with Gasteiger partial charge in [-0.05, 0) is 28.1 Å². The third kappa shape index (κ3) is 2.78. The van der Waals surface area contributed by atoms with Gasteiger partial charge in [-0.1, -0.05) is 19.1 Å². The second-order valence-corrected chi connectivity index (χ2v) is 4.46. The number of methoxy groups -OCH3 is 1. The van der Waals surface area contributed by atoms with E-state index < -0.39 is 0 Å². The van der Waals surface area contributed by atoms with Gasteiger partial charge >= 0.3 is 5.97 Å². The molecule has 1 heterocycles. The summed E-state index contributed by atoms with van der Waals surface area (Å²) in [6, 6.07) is 7.45. The number of nitrogens with zero attached hydrogens (tertiary/aromatic N) is 2. The van der Waals surface area contributed by atoms with E-state index in [1.807, 2.05) is 24.3 Å². The first kappa shape index (κ1) is 13.6. The summed E-state index contributed by atoms with van der Waals surface area (Å²) in [7, 11) is 1.59. The minimum Gasteiger partial charge on any atom is -0.494 e. The van der Waals surface area contributed by atoms with Crippen molar-refractivity contribution in [3.05, 3.63) is 35.1 Å². The van der Waals surface area contributed by atoms with Crippen LogP contribution < -0.4 is 9.47 Å². The van der Waals surface area contributed by atoms with Crippen LogP contribution in [0.1, 0.15) is 13.3 Å².